The number of halogens is 1. The Balaban J connectivity index is 1.42. The van der Waals surface area contributed by atoms with Crippen LogP contribution in [0.15, 0.2) is 75.9 Å². The van der Waals surface area contributed by atoms with Crippen LogP contribution in [0.1, 0.15) is 30.4 Å². The van der Waals surface area contributed by atoms with Gasteiger partial charge in [0.25, 0.3) is 0 Å². The number of phenols is 1. The number of fused-ring (bicyclic) bond motifs is 1. The number of ether oxygens (including phenoxy) is 1. The molecular weight excluding hydrogens is 445 g/mol. The van der Waals surface area contributed by atoms with Gasteiger partial charge in [0, 0.05) is 17.5 Å². The summed E-state index contributed by atoms with van der Waals surface area (Å²) in [5, 5.41) is 10.6. The fourth-order valence-electron chi connectivity index (χ4n) is 4.91. The monoisotopic (exact) mass is 473 g/mol. The number of benzene rings is 3. The van der Waals surface area contributed by atoms with E-state index >= 15 is 0 Å². The number of rotatable bonds is 7. The Kier molecular flexibility index (Phi) is 6.55. The standard InChI is InChI=1S/C29H28FNO4/c1-31-15-2-3-22(31)14-16-34-24-11-4-19(5-12-24)17-26-25-13-10-23(32)18-27(25)35-29(33)28(26)20-6-8-21(30)9-7-20/h4-13,18,22,32H,2-3,14-17H2,1H3. The summed E-state index contributed by atoms with van der Waals surface area (Å²) in [4.78, 5) is 15.4. The molecule has 1 aliphatic rings. The van der Waals surface area contributed by atoms with Crippen molar-refractivity contribution in [3.8, 4) is 22.6 Å². The van der Waals surface area contributed by atoms with E-state index in [4.69, 9.17) is 9.15 Å². The summed E-state index contributed by atoms with van der Waals surface area (Å²) in [5.74, 6) is 0.461. The molecule has 1 unspecified atom stereocenters. The third kappa shape index (κ3) is 5.08. The molecule has 1 atom stereocenters. The minimum atomic E-state index is -0.526. The van der Waals surface area contributed by atoms with Gasteiger partial charge in [-0.2, -0.15) is 0 Å². The van der Waals surface area contributed by atoms with Gasteiger partial charge in [0.1, 0.15) is 22.9 Å². The second-order valence-corrected chi connectivity index (χ2v) is 9.16. The van der Waals surface area contributed by atoms with Crippen LogP contribution in [0.3, 0.4) is 0 Å². The molecule has 3 aromatic carbocycles. The van der Waals surface area contributed by atoms with Gasteiger partial charge < -0.3 is 19.2 Å². The fourth-order valence-corrected chi connectivity index (χ4v) is 4.91. The van der Waals surface area contributed by atoms with E-state index in [1.165, 1.54) is 31.0 Å². The van der Waals surface area contributed by atoms with Gasteiger partial charge in [-0.3, -0.25) is 0 Å². The average molecular weight is 474 g/mol. The van der Waals surface area contributed by atoms with Crippen LogP contribution < -0.4 is 10.4 Å². The smallest absolute Gasteiger partial charge is 0.344 e. The molecule has 1 N–H and O–H groups in total. The van der Waals surface area contributed by atoms with Gasteiger partial charge in [-0.15, -0.1) is 0 Å². The van der Waals surface area contributed by atoms with Gasteiger partial charge in [0.05, 0.1) is 12.2 Å². The molecule has 2 heterocycles. The van der Waals surface area contributed by atoms with Gasteiger partial charge >= 0.3 is 5.63 Å². The van der Waals surface area contributed by atoms with Crippen molar-refractivity contribution in [2.45, 2.75) is 31.7 Å². The molecule has 5 rings (SSSR count). The van der Waals surface area contributed by atoms with Gasteiger partial charge in [0.15, 0.2) is 0 Å². The van der Waals surface area contributed by atoms with Crippen molar-refractivity contribution in [2.24, 2.45) is 0 Å². The maximum absolute atomic E-state index is 13.5. The minimum Gasteiger partial charge on any atom is -0.508 e. The van der Waals surface area contributed by atoms with E-state index in [-0.39, 0.29) is 11.6 Å². The fraction of sp³-hybridized carbons (Fsp3) is 0.276. The highest BCUT2D eigenvalue weighted by Gasteiger charge is 2.20. The second-order valence-electron chi connectivity index (χ2n) is 9.16. The lowest BCUT2D eigenvalue weighted by molar-refractivity contribution is 0.233. The van der Waals surface area contributed by atoms with Crippen LogP contribution in [0.4, 0.5) is 4.39 Å². The molecule has 1 saturated heterocycles. The Morgan fingerprint density at radius 1 is 1.09 bits per heavy atom. The van der Waals surface area contributed by atoms with Crippen molar-refractivity contribution in [1.29, 1.82) is 0 Å². The number of hydrogen-bond acceptors (Lipinski definition) is 5. The number of nitrogens with zero attached hydrogens (tertiary/aromatic N) is 1. The number of phenolic OH excluding ortho intramolecular Hbond substituents is 1. The average Bonchev–Trinajstić information content (AvgIpc) is 3.25. The highest BCUT2D eigenvalue weighted by Crippen LogP contribution is 2.31. The first-order valence-corrected chi connectivity index (χ1v) is 11.9. The van der Waals surface area contributed by atoms with Crippen molar-refractivity contribution in [1.82, 2.24) is 4.90 Å². The van der Waals surface area contributed by atoms with E-state index in [0.29, 0.717) is 35.8 Å². The highest BCUT2D eigenvalue weighted by molar-refractivity contribution is 5.88. The van der Waals surface area contributed by atoms with Crippen molar-refractivity contribution in [2.75, 3.05) is 20.2 Å². The first-order chi connectivity index (χ1) is 17.0. The summed E-state index contributed by atoms with van der Waals surface area (Å²) in [6.45, 7) is 1.84. The Labute approximate surface area is 203 Å². The lowest BCUT2D eigenvalue weighted by Crippen LogP contribution is -2.26. The molecule has 6 heteroatoms. The lowest BCUT2D eigenvalue weighted by Gasteiger charge is -2.19. The van der Waals surface area contributed by atoms with Crippen LogP contribution >= 0.6 is 0 Å². The molecule has 1 aromatic heterocycles. The quantitative estimate of drug-likeness (QED) is 0.346. The maximum atomic E-state index is 13.5. The van der Waals surface area contributed by atoms with Crippen LogP contribution in [0.25, 0.3) is 22.1 Å². The molecule has 5 nitrogen and oxygen atoms in total. The van der Waals surface area contributed by atoms with Crippen molar-refractivity contribution in [3.05, 3.63) is 94.1 Å². The summed E-state index contributed by atoms with van der Waals surface area (Å²) >= 11 is 0. The van der Waals surface area contributed by atoms with E-state index in [2.05, 4.69) is 11.9 Å². The predicted octanol–water partition coefficient (Wildman–Crippen LogP) is 5.76. The lowest BCUT2D eigenvalue weighted by atomic mass is 9.93. The third-order valence-electron chi connectivity index (χ3n) is 6.83. The first kappa shape index (κ1) is 23.1. The summed E-state index contributed by atoms with van der Waals surface area (Å²) < 4.78 is 25.0. The molecule has 180 valence electrons. The molecule has 0 spiro atoms. The zero-order valence-electron chi connectivity index (χ0n) is 19.7. The van der Waals surface area contributed by atoms with E-state index < -0.39 is 5.63 Å². The molecule has 0 amide bonds. The first-order valence-electron chi connectivity index (χ1n) is 11.9. The molecule has 0 saturated carbocycles. The summed E-state index contributed by atoms with van der Waals surface area (Å²) in [7, 11) is 2.17. The minimum absolute atomic E-state index is 0.0198. The Morgan fingerprint density at radius 2 is 1.86 bits per heavy atom. The van der Waals surface area contributed by atoms with Gasteiger partial charge in [-0.1, -0.05) is 24.3 Å². The summed E-state index contributed by atoms with van der Waals surface area (Å²) in [6.07, 6.45) is 3.96. The topological polar surface area (TPSA) is 62.9 Å². The van der Waals surface area contributed by atoms with Crippen molar-refractivity contribution < 1.29 is 18.7 Å². The van der Waals surface area contributed by atoms with Crippen molar-refractivity contribution in [3.63, 3.8) is 0 Å². The van der Waals surface area contributed by atoms with Gasteiger partial charge in [-0.25, -0.2) is 9.18 Å². The van der Waals surface area contributed by atoms with Gasteiger partial charge in [0.2, 0.25) is 0 Å². The van der Waals surface area contributed by atoms with Crippen LogP contribution in [0, 0.1) is 5.82 Å². The SMILES string of the molecule is CN1CCCC1CCOc1ccc(Cc2c(-c3ccc(F)cc3)c(=O)oc3cc(O)ccc23)cc1. The largest absolute Gasteiger partial charge is 0.508 e. The maximum Gasteiger partial charge on any atom is 0.344 e. The van der Waals surface area contributed by atoms with E-state index in [1.54, 1.807) is 24.3 Å². The number of aromatic hydroxyl groups is 1. The van der Waals surface area contributed by atoms with Crippen LogP contribution in [-0.4, -0.2) is 36.2 Å². The number of hydrogen-bond donors (Lipinski definition) is 1. The molecule has 1 aliphatic heterocycles. The Morgan fingerprint density at radius 3 is 2.57 bits per heavy atom. The summed E-state index contributed by atoms with van der Waals surface area (Å²) in [6, 6.07) is 19.0. The number of likely N-dealkylation sites (tertiary alicyclic amines) is 1. The molecule has 0 radical (unpaired) electrons. The molecular formula is C29H28FNO4. The van der Waals surface area contributed by atoms with Crippen LogP contribution in [0.2, 0.25) is 0 Å². The van der Waals surface area contributed by atoms with Crippen LogP contribution in [-0.2, 0) is 6.42 Å². The van der Waals surface area contributed by atoms with E-state index in [0.717, 1.165) is 35.2 Å². The highest BCUT2D eigenvalue weighted by atomic mass is 19.1. The van der Waals surface area contributed by atoms with Crippen molar-refractivity contribution >= 4 is 11.0 Å². The normalized spacial score (nSPS) is 16.1. The zero-order chi connectivity index (χ0) is 24.4. The summed E-state index contributed by atoms with van der Waals surface area (Å²) in [5.41, 5.74) is 2.53. The van der Waals surface area contributed by atoms with Gasteiger partial charge in [-0.05, 0) is 92.4 Å². The van der Waals surface area contributed by atoms with E-state index in [1.807, 2.05) is 24.3 Å². The Bertz CT molecular complexity index is 1380. The van der Waals surface area contributed by atoms with Crippen LogP contribution in [0.5, 0.6) is 11.5 Å². The Hall–Kier alpha value is -3.64. The third-order valence-corrected chi connectivity index (χ3v) is 6.83. The molecule has 35 heavy (non-hydrogen) atoms. The van der Waals surface area contributed by atoms with E-state index in [9.17, 15) is 14.3 Å². The molecule has 1 fully saturated rings. The predicted molar refractivity (Wildman–Crippen MR) is 135 cm³/mol. The molecule has 4 aromatic rings. The zero-order valence-corrected chi connectivity index (χ0v) is 19.7. The molecule has 0 aliphatic carbocycles. The molecule has 0 bridgehead atoms. The second kappa shape index (κ2) is 9.92.